The van der Waals surface area contributed by atoms with E-state index in [1.54, 1.807) is 19.1 Å². The van der Waals surface area contributed by atoms with Gasteiger partial charge >= 0.3 is 5.97 Å². The summed E-state index contributed by atoms with van der Waals surface area (Å²) in [7, 11) is 0. The minimum atomic E-state index is -0.895. The lowest BCUT2D eigenvalue weighted by atomic mass is 10.2. The predicted octanol–water partition coefficient (Wildman–Crippen LogP) is 3.65. The molecule has 2 nitrogen and oxygen atoms in total. The van der Waals surface area contributed by atoms with Crippen molar-refractivity contribution < 1.29 is 9.90 Å². The van der Waals surface area contributed by atoms with Crippen LogP contribution in [0.2, 0.25) is 0 Å². The van der Waals surface area contributed by atoms with Crippen LogP contribution in [0.25, 0.3) is 0 Å². The van der Waals surface area contributed by atoms with E-state index in [4.69, 9.17) is 5.11 Å². The van der Waals surface area contributed by atoms with Gasteiger partial charge < -0.3 is 5.11 Å². The number of rotatable bonds is 5. The van der Waals surface area contributed by atoms with Gasteiger partial charge in [0.2, 0.25) is 0 Å². The maximum Gasteiger partial charge on any atom is 0.331 e. The largest absolute Gasteiger partial charge is 0.478 e. The Bertz CT molecular complexity index is 380. The molecule has 0 fully saturated rings. The third kappa shape index (κ3) is 7.56. The van der Waals surface area contributed by atoms with Crippen LogP contribution < -0.4 is 0 Å². The van der Waals surface area contributed by atoms with Crippen LogP contribution in [0.5, 0.6) is 0 Å². The molecular formula is C14H18O2. The maximum atomic E-state index is 10.5. The zero-order valence-corrected chi connectivity index (χ0v) is 10.0. The van der Waals surface area contributed by atoms with E-state index in [0.717, 1.165) is 11.1 Å². The van der Waals surface area contributed by atoms with Gasteiger partial charge in [-0.3, -0.25) is 0 Å². The molecule has 0 aliphatic rings. The first-order valence-electron chi connectivity index (χ1n) is 5.02. The number of carbonyl (C=O) groups is 1. The van der Waals surface area contributed by atoms with E-state index in [1.165, 1.54) is 0 Å². The molecule has 0 bridgehead atoms. The van der Waals surface area contributed by atoms with E-state index in [-0.39, 0.29) is 0 Å². The number of allylic oxidation sites excluding steroid dienone is 8. The molecule has 0 amide bonds. The van der Waals surface area contributed by atoms with Crippen molar-refractivity contribution in [1.82, 2.24) is 0 Å². The fourth-order valence-electron chi connectivity index (χ4n) is 0.835. The van der Waals surface area contributed by atoms with Crippen LogP contribution in [0, 0.1) is 0 Å². The van der Waals surface area contributed by atoms with Crippen LogP contribution in [0.3, 0.4) is 0 Å². The van der Waals surface area contributed by atoms with Crippen LogP contribution in [0.1, 0.15) is 20.8 Å². The Labute approximate surface area is 97.0 Å². The monoisotopic (exact) mass is 218 g/mol. The van der Waals surface area contributed by atoms with E-state index >= 15 is 0 Å². The summed E-state index contributed by atoms with van der Waals surface area (Å²) in [5.41, 5.74) is 2.36. The average Bonchev–Trinajstić information content (AvgIpc) is 2.16. The molecule has 0 rings (SSSR count). The summed E-state index contributed by atoms with van der Waals surface area (Å²) in [5.74, 6) is -0.895. The number of carboxylic acids is 1. The van der Waals surface area contributed by atoms with Crippen LogP contribution in [-0.2, 0) is 4.79 Å². The fourth-order valence-corrected chi connectivity index (χ4v) is 0.835. The summed E-state index contributed by atoms with van der Waals surface area (Å²) in [6.45, 7) is 9.18. The van der Waals surface area contributed by atoms with Gasteiger partial charge in [0, 0.05) is 5.57 Å². The molecule has 0 aromatic heterocycles. The van der Waals surface area contributed by atoms with E-state index in [9.17, 15) is 4.79 Å². The first-order valence-corrected chi connectivity index (χ1v) is 5.02. The quantitative estimate of drug-likeness (QED) is 0.565. The van der Waals surface area contributed by atoms with Crippen molar-refractivity contribution in [3.8, 4) is 0 Å². The van der Waals surface area contributed by atoms with Gasteiger partial charge in [0.25, 0.3) is 0 Å². The standard InChI is InChI=1S/C14H18O2/c1-11(2)7-5-8-12(3)9-6-10-13(4)14(15)16/h5-10H,1H2,2-4H3,(H,15,16)/b7-5+,9-6+,12-8+,13-10+. The molecule has 16 heavy (non-hydrogen) atoms. The molecule has 0 aromatic carbocycles. The van der Waals surface area contributed by atoms with Crippen molar-refractivity contribution in [1.29, 1.82) is 0 Å². The Morgan fingerprint density at radius 3 is 2.12 bits per heavy atom. The zero-order chi connectivity index (χ0) is 12.6. The van der Waals surface area contributed by atoms with E-state index in [2.05, 4.69) is 6.58 Å². The first kappa shape index (κ1) is 14.2. The van der Waals surface area contributed by atoms with Crippen LogP contribution in [-0.4, -0.2) is 11.1 Å². The Morgan fingerprint density at radius 2 is 1.62 bits per heavy atom. The van der Waals surface area contributed by atoms with Crippen molar-refractivity contribution >= 4 is 5.97 Å². The summed E-state index contributed by atoms with van der Waals surface area (Å²) in [5, 5.41) is 8.61. The summed E-state index contributed by atoms with van der Waals surface area (Å²) >= 11 is 0. The molecule has 0 atom stereocenters. The smallest absolute Gasteiger partial charge is 0.331 e. The van der Waals surface area contributed by atoms with Gasteiger partial charge in [-0.25, -0.2) is 4.79 Å². The predicted molar refractivity (Wildman–Crippen MR) is 68.2 cm³/mol. The summed E-state index contributed by atoms with van der Waals surface area (Å²) < 4.78 is 0. The highest BCUT2D eigenvalue weighted by atomic mass is 16.4. The summed E-state index contributed by atoms with van der Waals surface area (Å²) in [6.07, 6.45) is 10.9. The molecule has 1 N–H and O–H groups in total. The molecule has 0 heterocycles. The van der Waals surface area contributed by atoms with Gasteiger partial charge in [0.15, 0.2) is 0 Å². The molecule has 0 aromatic rings. The first-order chi connectivity index (χ1) is 7.43. The van der Waals surface area contributed by atoms with E-state index < -0.39 is 5.97 Å². The number of carboxylic acid groups (broad SMARTS) is 1. The minimum absolute atomic E-state index is 0.321. The van der Waals surface area contributed by atoms with Gasteiger partial charge in [-0.1, -0.05) is 54.2 Å². The van der Waals surface area contributed by atoms with Crippen molar-refractivity contribution in [3.05, 3.63) is 59.8 Å². The summed E-state index contributed by atoms with van der Waals surface area (Å²) in [4.78, 5) is 10.5. The second-order valence-electron chi connectivity index (χ2n) is 3.63. The van der Waals surface area contributed by atoms with Gasteiger partial charge in [-0.2, -0.15) is 0 Å². The molecule has 0 aliphatic heterocycles. The maximum absolute atomic E-state index is 10.5. The minimum Gasteiger partial charge on any atom is -0.478 e. The Balaban J connectivity index is 4.40. The molecule has 0 aliphatic carbocycles. The van der Waals surface area contributed by atoms with Crippen molar-refractivity contribution in [2.24, 2.45) is 0 Å². The molecule has 0 saturated carbocycles. The molecule has 0 spiro atoms. The van der Waals surface area contributed by atoms with Crippen LogP contribution in [0.15, 0.2) is 59.8 Å². The van der Waals surface area contributed by atoms with Crippen LogP contribution in [0.4, 0.5) is 0 Å². The van der Waals surface area contributed by atoms with Gasteiger partial charge in [0.1, 0.15) is 0 Å². The lowest BCUT2D eigenvalue weighted by Crippen LogP contribution is -1.94. The van der Waals surface area contributed by atoms with Crippen molar-refractivity contribution in [2.45, 2.75) is 20.8 Å². The SMILES string of the molecule is C=C(C)/C=C/C=C(C)/C=C/C=C(\C)C(=O)O. The summed E-state index contributed by atoms with van der Waals surface area (Å²) in [6, 6.07) is 0. The lowest BCUT2D eigenvalue weighted by molar-refractivity contribution is -0.132. The molecule has 0 unspecified atom stereocenters. The second-order valence-corrected chi connectivity index (χ2v) is 3.63. The topological polar surface area (TPSA) is 37.3 Å². The molecule has 0 radical (unpaired) electrons. The fraction of sp³-hybridized carbons (Fsp3) is 0.214. The number of hydrogen-bond donors (Lipinski definition) is 1. The highest BCUT2D eigenvalue weighted by molar-refractivity contribution is 5.86. The van der Waals surface area contributed by atoms with Gasteiger partial charge in [-0.15, -0.1) is 0 Å². The molecule has 86 valence electrons. The second kappa shape index (κ2) is 7.46. The van der Waals surface area contributed by atoms with Gasteiger partial charge in [-0.05, 0) is 20.8 Å². The molecule has 2 heteroatoms. The lowest BCUT2D eigenvalue weighted by Gasteiger charge is -1.89. The molecular weight excluding hydrogens is 200 g/mol. The number of hydrogen-bond acceptors (Lipinski definition) is 1. The zero-order valence-electron chi connectivity index (χ0n) is 10.0. The van der Waals surface area contributed by atoms with E-state index in [0.29, 0.717) is 5.57 Å². The van der Waals surface area contributed by atoms with E-state index in [1.807, 2.05) is 38.2 Å². The van der Waals surface area contributed by atoms with Crippen molar-refractivity contribution in [3.63, 3.8) is 0 Å². The Hall–Kier alpha value is -1.83. The van der Waals surface area contributed by atoms with Gasteiger partial charge in [0.05, 0.1) is 0 Å². The molecule has 0 saturated heterocycles. The number of aliphatic carboxylic acids is 1. The van der Waals surface area contributed by atoms with Crippen molar-refractivity contribution in [2.75, 3.05) is 0 Å². The Morgan fingerprint density at radius 1 is 1.06 bits per heavy atom. The Kier molecular flexibility index (Phi) is 6.61. The normalized spacial score (nSPS) is 13.7. The highest BCUT2D eigenvalue weighted by Crippen LogP contribution is 1.99. The van der Waals surface area contributed by atoms with Crippen LogP contribution >= 0.6 is 0 Å². The highest BCUT2D eigenvalue weighted by Gasteiger charge is 1.95. The average molecular weight is 218 g/mol. The third-order valence-corrected chi connectivity index (χ3v) is 1.78. The third-order valence-electron chi connectivity index (χ3n) is 1.78.